The first-order valence-corrected chi connectivity index (χ1v) is 10.8. The Morgan fingerprint density at radius 2 is 2.12 bits per heavy atom. The molecule has 1 amide bonds. The number of amides is 1. The van der Waals surface area contributed by atoms with Gasteiger partial charge in [-0.25, -0.2) is 9.07 Å². The third-order valence-corrected chi connectivity index (χ3v) is 7.00. The highest BCUT2D eigenvalue weighted by molar-refractivity contribution is 8.00. The van der Waals surface area contributed by atoms with E-state index in [1.807, 2.05) is 10.7 Å². The number of rotatable bonds is 5. The van der Waals surface area contributed by atoms with Crippen LogP contribution in [0.1, 0.15) is 42.7 Å². The number of carbonyl (C=O) groups is 1. The molecule has 26 heavy (non-hydrogen) atoms. The van der Waals surface area contributed by atoms with E-state index in [-0.39, 0.29) is 22.9 Å². The average molecular weight is 394 g/mol. The molecule has 1 unspecified atom stereocenters. The number of benzene rings is 1. The first-order valence-electron chi connectivity index (χ1n) is 8.80. The summed E-state index contributed by atoms with van der Waals surface area (Å²) in [5.41, 5.74) is 0.573. The first-order chi connectivity index (χ1) is 12.7. The summed E-state index contributed by atoms with van der Waals surface area (Å²) in [5.74, 6) is 0.810. The van der Waals surface area contributed by atoms with E-state index >= 15 is 0 Å². The fourth-order valence-corrected chi connectivity index (χ4v) is 5.66. The van der Waals surface area contributed by atoms with Gasteiger partial charge in [-0.1, -0.05) is 42.8 Å². The summed E-state index contributed by atoms with van der Waals surface area (Å²) in [6.45, 7) is 0.636. The molecule has 0 bridgehead atoms. The van der Waals surface area contributed by atoms with Gasteiger partial charge in [-0.3, -0.25) is 4.79 Å². The van der Waals surface area contributed by atoms with E-state index < -0.39 is 0 Å². The van der Waals surface area contributed by atoms with Gasteiger partial charge in [0.15, 0.2) is 0 Å². The van der Waals surface area contributed by atoms with E-state index in [1.165, 1.54) is 30.7 Å². The molecule has 0 N–H and O–H groups in total. The molecule has 138 valence electrons. The van der Waals surface area contributed by atoms with Crippen molar-refractivity contribution in [2.24, 2.45) is 0 Å². The van der Waals surface area contributed by atoms with Crippen LogP contribution in [0.4, 0.5) is 4.39 Å². The van der Waals surface area contributed by atoms with Gasteiger partial charge in [0.1, 0.15) is 11.2 Å². The van der Waals surface area contributed by atoms with Crippen LogP contribution >= 0.6 is 23.5 Å². The predicted molar refractivity (Wildman–Crippen MR) is 99.4 cm³/mol. The maximum Gasteiger partial charge on any atom is 0.234 e. The van der Waals surface area contributed by atoms with Crippen LogP contribution < -0.4 is 0 Å². The highest BCUT2D eigenvalue weighted by atomic mass is 32.2. The van der Waals surface area contributed by atoms with Crippen LogP contribution in [0.15, 0.2) is 29.4 Å². The molecule has 2 fully saturated rings. The molecular weight excluding hydrogens is 373 g/mol. The van der Waals surface area contributed by atoms with Crippen LogP contribution in [0.5, 0.6) is 0 Å². The van der Waals surface area contributed by atoms with Gasteiger partial charge in [0, 0.05) is 17.9 Å². The van der Waals surface area contributed by atoms with Crippen molar-refractivity contribution >= 4 is 29.4 Å². The molecule has 0 radical (unpaired) electrons. The Bertz CT molecular complexity index is 780. The van der Waals surface area contributed by atoms with Gasteiger partial charge >= 0.3 is 0 Å². The number of halogens is 1. The average Bonchev–Trinajstić information content (AvgIpc) is 3.40. The van der Waals surface area contributed by atoms with Crippen molar-refractivity contribution < 1.29 is 9.18 Å². The van der Waals surface area contributed by atoms with Crippen molar-refractivity contribution in [3.05, 3.63) is 35.6 Å². The van der Waals surface area contributed by atoms with Crippen LogP contribution in [0.3, 0.4) is 0 Å². The molecule has 2 heterocycles. The lowest BCUT2D eigenvalue weighted by atomic mass is 10.2. The summed E-state index contributed by atoms with van der Waals surface area (Å²) in [6, 6.07) is 7.03. The van der Waals surface area contributed by atoms with Crippen molar-refractivity contribution in [1.82, 2.24) is 25.1 Å². The first kappa shape index (κ1) is 17.8. The number of thioether (sulfide) groups is 2. The molecule has 1 saturated carbocycles. The fourth-order valence-electron chi connectivity index (χ4n) is 3.53. The molecule has 1 aromatic carbocycles. The van der Waals surface area contributed by atoms with Crippen molar-refractivity contribution in [3.63, 3.8) is 0 Å². The van der Waals surface area contributed by atoms with Gasteiger partial charge in [0.2, 0.25) is 11.1 Å². The van der Waals surface area contributed by atoms with E-state index in [1.54, 1.807) is 28.8 Å². The zero-order valence-corrected chi connectivity index (χ0v) is 15.9. The van der Waals surface area contributed by atoms with Gasteiger partial charge in [-0.05, 0) is 29.3 Å². The lowest BCUT2D eigenvalue weighted by Crippen LogP contribution is -2.32. The molecule has 1 aliphatic heterocycles. The van der Waals surface area contributed by atoms with Gasteiger partial charge in [0.25, 0.3) is 0 Å². The van der Waals surface area contributed by atoms with Crippen molar-refractivity contribution in [2.45, 2.75) is 42.3 Å². The Kier molecular flexibility index (Phi) is 5.44. The van der Waals surface area contributed by atoms with Crippen molar-refractivity contribution in [2.75, 3.05) is 18.1 Å². The summed E-state index contributed by atoms with van der Waals surface area (Å²) < 4.78 is 16.0. The molecular formula is C17H20FN5OS2. The van der Waals surface area contributed by atoms with Crippen LogP contribution in [0.2, 0.25) is 0 Å². The maximum atomic E-state index is 14.1. The molecule has 0 spiro atoms. The second kappa shape index (κ2) is 7.96. The van der Waals surface area contributed by atoms with E-state index in [0.29, 0.717) is 23.3 Å². The summed E-state index contributed by atoms with van der Waals surface area (Å²) in [7, 11) is 0. The minimum Gasteiger partial charge on any atom is -0.325 e. The monoisotopic (exact) mass is 393 g/mol. The Hall–Kier alpha value is -1.61. The largest absolute Gasteiger partial charge is 0.325 e. The molecule has 6 nitrogen and oxygen atoms in total. The number of tetrazole rings is 1. The number of nitrogens with zero attached hydrogens (tertiary/aromatic N) is 5. The van der Waals surface area contributed by atoms with Gasteiger partial charge in [-0.2, -0.15) is 0 Å². The van der Waals surface area contributed by atoms with Crippen LogP contribution in [-0.4, -0.2) is 49.1 Å². The number of aromatic nitrogens is 4. The van der Waals surface area contributed by atoms with Crippen LogP contribution in [0.25, 0.3) is 0 Å². The third-order valence-electron chi connectivity index (χ3n) is 4.84. The minimum atomic E-state index is -0.262. The lowest BCUT2D eigenvalue weighted by Gasteiger charge is -2.24. The number of hydrogen-bond donors (Lipinski definition) is 0. The zero-order valence-electron chi connectivity index (χ0n) is 14.3. The van der Waals surface area contributed by atoms with Gasteiger partial charge in [-0.15, -0.1) is 16.9 Å². The highest BCUT2D eigenvalue weighted by Gasteiger charge is 2.32. The van der Waals surface area contributed by atoms with Crippen LogP contribution in [-0.2, 0) is 4.79 Å². The minimum absolute atomic E-state index is 0.00535. The summed E-state index contributed by atoms with van der Waals surface area (Å²) in [5, 5.41) is 12.4. The molecule has 1 aliphatic carbocycles. The number of hydrogen-bond acceptors (Lipinski definition) is 6. The summed E-state index contributed by atoms with van der Waals surface area (Å²) in [4.78, 5) is 14.5. The highest BCUT2D eigenvalue weighted by Crippen LogP contribution is 2.39. The Morgan fingerprint density at radius 3 is 2.92 bits per heavy atom. The normalized spacial score (nSPS) is 20.8. The smallest absolute Gasteiger partial charge is 0.234 e. The van der Waals surface area contributed by atoms with Crippen molar-refractivity contribution in [3.8, 4) is 0 Å². The second-order valence-corrected chi connectivity index (χ2v) is 8.60. The summed E-state index contributed by atoms with van der Waals surface area (Å²) in [6.07, 6.45) is 4.57. The molecule has 9 heteroatoms. The standard InChI is InChI=1S/C17H20FN5OS2/c18-14-8-4-3-7-13(14)16-22(9-10-25-16)15(24)11-26-17-19-20-21-23(17)12-5-1-2-6-12/h3-4,7-8,12,16H,1-2,5-6,9-11H2. The van der Waals surface area contributed by atoms with Crippen LogP contribution in [0, 0.1) is 5.82 Å². The van der Waals surface area contributed by atoms with Gasteiger partial charge < -0.3 is 4.90 Å². The second-order valence-electron chi connectivity index (χ2n) is 6.46. The Morgan fingerprint density at radius 1 is 1.31 bits per heavy atom. The predicted octanol–water partition coefficient (Wildman–Crippen LogP) is 3.29. The lowest BCUT2D eigenvalue weighted by molar-refractivity contribution is -0.128. The van der Waals surface area contributed by atoms with Crippen molar-refractivity contribution in [1.29, 1.82) is 0 Å². The molecule has 1 aromatic heterocycles. The van der Waals surface area contributed by atoms with E-state index in [4.69, 9.17) is 0 Å². The molecule has 1 atom stereocenters. The topological polar surface area (TPSA) is 63.9 Å². The van der Waals surface area contributed by atoms with E-state index in [9.17, 15) is 9.18 Å². The molecule has 4 rings (SSSR count). The maximum absolute atomic E-state index is 14.1. The molecule has 2 aromatic rings. The zero-order chi connectivity index (χ0) is 17.9. The Labute approximate surface area is 159 Å². The molecule has 1 saturated heterocycles. The third kappa shape index (κ3) is 3.59. The fraction of sp³-hybridized carbons (Fsp3) is 0.529. The van der Waals surface area contributed by atoms with Gasteiger partial charge in [0.05, 0.1) is 11.8 Å². The Balaban J connectivity index is 1.42. The molecule has 2 aliphatic rings. The SMILES string of the molecule is O=C(CSc1nnnn1C1CCCC1)N1CCSC1c1ccccc1F. The quantitative estimate of drug-likeness (QED) is 0.727. The van der Waals surface area contributed by atoms with E-state index in [0.717, 1.165) is 18.6 Å². The number of carbonyl (C=O) groups excluding carboxylic acids is 1. The van der Waals surface area contributed by atoms with E-state index in [2.05, 4.69) is 15.5 Å². The summed E-state index contributed by atoms with van der Waals surface area (Å²) >= 11 is 2.97.